The van der Waals surface area contributed by atoms with Crippen LogP contribution in [0.4, 0.5) is 0 Å². The van der Waals surface area contributed by atoms with E-state index >= 15 is 0 Å². The molecule has 142 valence electrons. The van der Waals surface area contributed by atoms with Crippen molar-refractivity contribution in [3.63, 3.8) is 0 Å². The van der Waals surface area contributed by atoms with Gasteiger partial charge in [0.1, 0.15) is 18.0 Å². The lowest BCUT2D eigenvalue weighted by Gasteiger charge is -2.15. The molecule has 0 spiro atoms. The molecule has 0 aliphatic heterocycles. The van der Waals surface area contributed by atoms with Gasteiger partial charge in [-0.2, -0.15) is 0 Å². The summed E-state index contributed by atoms with van der Waals surface area (Å²) in [5, 5.41) is 9.71. The topological polar surface area (TPSA) is 74.2 Å². The predicted octanol–water partition coefficient (Wildman–Crippen LogP) is 2.50. The smallest absolute Gasteiger partial charge is 0.193 e. The van der Waals surface area contributed by atoms with E-state index in [-0.39, 0.29) is 5.78 Å². The molecule has 0 atom stereocenters. The monoisotopic (exact) mass is 466 g/mol. The van der Waals surface area contributed by atoms with E-state index in [9.17, 15) is 9.90 Å². The maximum atomic E-state index is 11.9. The van der Waals surface area contributed by atoms with Crippen LogP contribution in [0.15, 0.2) is 24.3 Å². The molecule has 0 aliphatic carbocycles. The molecule has 1 N–H and O–H groups in total. The fraction of sp³-hybridized carbons (Fsp3) is 0.611. The largest absolute Gasteiger partial charge is 0.491 e. The number of hydrogen-bond donors (Lipinski definition) is 1. The summed E-state index contributed by atoms with van der Waals surface area (Å²) in [5.41, 5.74) is -0.921. The number of hydrogen-bond acceptors (Lipinski definition) is 6. The number of Topliss-reactive ketones (excluding diaryl/α,β-unsaturated/α-hetero) is 1. The van der Waals surface area contributed by atoms with Gasteiger partial charge in [-0.25, -0.2) is 0 Å². The van der Waals surface area contributed by atoms with E-state index in [0.717, 1.165) is 11.0 Å². The first-order valence-corrected chi connectivity index (χ1v) is 9.77. The molecule has 6 nitrogen and oxygen atoms in total. The Morgan fingerprint density at radius 2 is 1.40 bits per heavy atom. The lowest BCUT2D eigenvalue weighted by Crippen LogP contribution is -2.30. The van der Waals surface area contributed by atoms with Crippen molar-refractivity contribution in [2.45, 2.75) is 19.4 Å². The molecular weight excluding hydrogens is 439 g/mol. The lowest BCUT2D eigenvalue weighted by molar-refractivity contribution is 0.0120. The highest BCUT2D eigenvalue weighted by Gasteiger charge is 2.24. The third-order valence-electron chi connectivity index (χ3n) is 3.13. The Kier molecular flexibility index (Phi) is 11.2. The van der Waals surface area contributed by atoms with Gasteiger partial charge < -0.3 is 24.1 Å². The highest BCUT2D eigenvalue weighted by atomic mass is 127. The molecule has 0 aliphatic rings. The molecule has 0 radical (unpaired) electrons. The Hall–Kier alpha value is -0.740. The van der Waals surface area contributed by atoms with E-state index in [0.29, 0.717) is 51.0 Å². The van der Waals surface area contributed by atoms with E-state index in [1.54, 1.807) is 24.3 Å². The zero-order chi connectivity index (χ0) is 18.5. The van der Waals surface area contributed by atoms with Crippen LogP contribution in [0.25, 0.3) is 0 Å². The fourth-order valence-corrected chi connectivity index (χ4v) is 2.18. The van der Waals surface area contributed by atoms with Gasteiger partial charge in [0.15, 0.2) is 5.78 Å². The van der Waals surface area contributed by atoms with E-state index in [1.807, 2.05) is 0 Å². The Labute approximate surface area is 162 Å². The Balaban J connectivity index is 2.08. The van der Waals surface area contributed by atoms with Crippen molar-refractivity contribution in [3.05, 3.63) is 29.8 Å². The molecule has 0 heterocycles. The van der Waals surface area contributed by atoms with Crippen molar-refractivity contribution in [1.82, 2.24) is 0 Å². The van der Waals surface area contributed by atoms with Crippen molar-refractivity contribution >= 4 is 28.4 Å². The van der Waals surface area contributed by atoms with Gasteiger partial charge in [0.25, 0.3) is 0 Å². The molecule has 1 aromatic carbocycles. The molecule has 0 amide bonds. The maximum absolute atomic E-state index is 11.9. The summed E-state index contributed by atoms with van der Waals surface area (Å²) in [4.78, 5) is 11.9. The van der Waals surface area contributed by atoms with Crippen LogP contribution in [0, 0.1) is 0 Å². The minimum absolute atomic E-state index is 0.318. The highest BCUT2D eigenvalue weighted by Crippen LogP contribution is 2.17. The van der Waals surface area contributed by atoms with Gasteiger partial charge >= 0.3 is 0 Å². The van der Waals surface area contributed by atoms with Gasteiger partial charge in [0.05, 0.1) is 39.6 Å². The maximum Gasteiger partial charge on any atom is 0.193 e. The molecule has 0 aromatic heterocycles. The zero-order valence-corrected chi connectivity index (χ0v) is 17.0. The second-order valence-electron chi connectivity index (χ2n) is 5.79. The summed E-state index contributed by atoms with van der Waals surface area (Å²) < 4.78 is 22.6. The summed E-state index contributed by atoms with van der Waals surface area (Å²) in [5.74, 6) is 0.335. The Bertz CT molecular complexity index is 483. The first kappa shape index (κ1) is 22.3. The van der Waals surface area contributed by atoms with E-state index < -0.39 is 5.60 Å². The summed E-state index contributed by atoms with van der Waals surface area (Å²) in [7, 11) is 0. The van der Waals surface area contributed by atoms with Crippen LogP contribution < -0.4 is 4.74 Å². The molecule has 0 fully saturated rings. The van der Waals surface area contributed by atoms with Gasteiger partial charge in [0, 0.05) is 9.99 Å². The number of rotatable bonds is 14. The molecule has 0 saturated carbocycles. The number of ketones is 1. The van der Waals surface area contributed by atoms with E-state index in [1.165, 1.54) is 13.8 Å². The lowest BCUT2D eigenvalue weighted by atomic mass is 9.97. The molecular formula is C18H27IO6. The molecule has 25 heavy (non-hydrogen) atoms. The Morgan fingerprint density at radius 3 is 1.88 bits per heavy atom. The van der Waals surface area contributed by atoms with E-state index in [2.05, 4.69) is 22.6 Å². The Morgan fingerprint density at radius 1 is 0.920 bits per heavy atom. The zero-order valence-electron chi connectivity index (χ0n) is 14.8. The number of carbonyl (C=O) groups excluding carboxylic acids is 1. The van der Waals surface area contributed by atoms with Crippen LogP contribution in [0.1, 0.15) is 24.2 Å². The average molecular weight is 466 g/mol. The number of alkyl halides is 1. The highest BCUT2D eigenvalue weighted by molar-refractivity contribution is 14.1. The summed E-state index contributed by atoms with van der Waals surface area (Å²) in [6.07, 6.45) is 0. The van der Waals surface area contributed by atoms with Gasteiger partial charge in [-0.1, -0.05) is 22.6 Å². The minimum Gasteiger partial charge on any atom is -0.491 e. The quantitative estimate of drug-likeness (QED) is 0.197. The van der Waals surface area contributed by atoms with Crippen molar-refractivity contribution in [3.8, 4) is 5.75 Å². The third-order valence-corrected chi connectivity index (χ3v) is 3.57. The molecule has 1 aromatic rings. The fourth-order valence-electron chi connectivity index (χ4n) is 1.87. The van der Waals surface area contributed by atoms with Crippen molar-refractivity contribution in [2.24, 2.45) is 0 Å². The van der Waals surface area contributed by atoms with Gasteiger partial charge in [-0.15, -0.1) is 0 Å². The van der Waals surface area contributed by atoms with Crippen molar-refractivity contribution in [2.75, 3.05) is 50.7 Å². The summed E-state index contributed by atoms with van der Waals surface area (Å²) >= 11 is 2.26. The van der Waals surface area contributed by atoms with Crippen molar-refractivity contribution in [1.29, 1.82) is 0 Å². The van der Waals surface area contributed by atoms with E-state index in [4.69, 9.17) is 18.9 Å². The summed E-state index contributed by atoms with van der Waals surface area (Å²) in [6.45, 7) is 6.79. The number of benzene rings is 1. The van der Waals surface area contributed by atoms with Crippen LogP contribution in [-0.2, 0) is 14.2 Å². The predicted molar refractivity (Wildman–Crippen MR) is 104 cm³/mol. The van der Waals surface area contributed by atoms with Crippen LogP contribution in [-0.4, -0.2) is 67.2 Å². The standard InChI is InChI=1S/C18H27IO6/c1-18(2,21)17(20)15-3-5-16(6-4-15)25-14-13-24-12-11-23-10-9-22-8-7-19/h3-6,21H,7-14H2,1-2H3. The number of carbonyl (C=O) groups is 1. The second-order valence-corrected chi connectivity index (χ2v) is 6.87. The van der Waals surface area contributed by atoms with Crippen LogP contribution in [0.3, 0.4) is 0 Å². The number of aliphatic hydroxyl groups is 1. The number of ether oxygens (including phenoxy) is 4. The van der Waals surface area contributed by atoms with Crippen LogP contribution in [0.5, 0.6) is 5.75 Å². The average Bonchev–Trinajstić information content (AvgIpc) is 2.59. The third kappa shape index (κ3) is 10.1. The number of halogens is 1. The van der Waals surface area contributed by atoms with Gasteiger partial charge in [-0.05, 0) is 38.1 Å². The molecule has 0 bridgehead atoms. The van der Waals surface area contributed by atoms with Gasteiger partial charge in [0.2, 0.25) is 0 Å². The minimum atomic E-state index is -1.37. The van der Waals surface area contributed by atoms with Crippen LogP contribution in [0.2, 0.25) is 0 Å². The van der Waals surface area contributed by atoms with Crippen LogP contribution >= 0.6 is 22.6 Å². The second kappa shape index (κ2) is 12.6. The SMILES string of the molecule is CC(C)(O)C(=O)c1ccc(OCCOCCOCCOCCI)cc1. The molecule has 7 heteroatoms. The first-order valence-electron chi connectivity index (χ1n) is 8.24. The molecule has 1 rings (SSSR count). The van der Waals surface area contributed by atoms with Gasteiger partial charge in [-0.3, -0.25) is 4.79 Å². The summed E-state index contributed by atoms with van der Waals surface area (Å²) in [6, 6.07) is 6.70. The van der Waals surface area contributed by atoms with Crippen molar-refractivity contribution < 1.29 is 28.8 Å². The normalized spacial score (nSPS) is 11.5. The molecule has 0 saturated heterocycles. The first-order chi connectivity index (χ1) is 11.9. The molecule has 0 unspecified atom stereocenters.